The molecule has 3 heteroatoms. The van der Waals surface area contributed by atoms with Crippen LogP contribution in [0.15, 0.2) is 23.1 Å². The molecule has 0 atom stereocenters. The summed E-state index contributed by atoms with van der Waals surface area (Å²) in [7, 11) is 0. The van der Waals surface area contributed by atoms with Crippen LogP contribution < -0.4 is 0 Å². The molecule has 1 rings (SSSR count). The average Bonchev–Trinajstić information content (AvgIpc) is 2.12. The van der Waals surface area contributed by atoms with Gasteiger partial charge in [-0.25, -0.2) is 0 Å². The van der Waals surface area contributed by atoms with Crippen LogP contribution in [-0.4, -0.2) is 5.75 Å². The third-order valence-electron chi connectivity index (χ3n) is 1.41. The summed E-state index contributed by atoms with van der Waals surface area (Å²) in [6, 6.07) is 5.59. The Labute approximate surface area is 92.6 Å². The molecule has 68 valence electrons. The molecule has 0 nitrogen and oxygen atoms in total. The number of thioether (sulfide) groups is 1. The molecular weight excluding hydrogens is 223 g/mol. The molecule has 0 N–H and O–H groups in total. The summed E-state index contributed by atoms with van der Waals surface area (Å²) >= 11 is 13.3. The molecule has 0 saturated heterocycles. The molecule has 0 heterocycles. The summed E-state index contributed by atoms with van der Waals surface area (Å²) in [5.74, 6) is 3.50. The van der Waals surface area contributed by atoms with Crippen molar-refractivity contribution in [1.29, 1.82) is 0 Å². The van der Waals surface area contributed by atoms with Crippen LogP contribution in [-0.2, 0) is 0 Å². The van der Waals surface area contributed by atoms with Crippen molar-refractivity contribution in [2.45, 2.75) is 11.3 Å². The van der Waals surface area contributed by atoms with E-state index in [1.54, 1.807) is 17.8 Å². The number of benzene rings is 1. The van der Waals surface area contributed by atoms with Crippen molar-refractivity contribution in [3.8, 4) is 12.3 Å². The van der Waals surface area contributed by atoms with Crippen LogP contribution in [0.4, 0.5) is 0 Å². The zero-order valence-corrected chi connectivity index (χ0v) is 9.22. The van der Waals surface area contributed by atoms with Crippen LogP contribution in [0, 0.1) is 12.3 Å². The van der Waals surface area contributed by atoms with Gasteiger partial charge in [-0.15, -0.1) is 24.1 Å². The van der Waals surface area contributed by atoms with Crippen molar-refractivity contribution in [1.82, 2.24) is 0 Å². The molecule has 0 saturated carbocycles. The van der Waals surface area contributed by atoms with Gasteiger partial charge in [-0.3, -0.25) is 0 Å². The lowest BCUT2D eigenvalue weighted by Crippen LogP contribution is -1.77. The summed E-state index contributed by atoms with van der Waals surface area (Å²) in [5.41, 5.74) is 0. The van der Waals surface area contributed by atoms with Crippen LogP contribution in [0.5, 0.6) is 0 Å². The minimum atomic E-state index is 0.586. The Morgan fingerprint density at radius 2 is 2.08 bits per heavy atom. The minimum Gasteiger partial charge on any atom is -0.125 e. The molecule has 0 amide bonds. The first-order valence-electron chi connectivity index (χ1n) is 3.75. The first-order chi connectivity index (χ1) is 6.24. The Morgan fingerprint density at radius 1 is 1.31 bits per heavy atom. The molecule has 0 aliphatic rings. The van der Waals surface area contributed by atoms with E-state index < -0.39 is 0 Å². The summed E-state index contributed by atoms with van der Waals surface area (Å²) in [4.78, 5) is 1.10. The maximum absolute atomic E-state index is 5.84. The zero-order valence-electron chi connectivity index (χ0n) is 6.89. The largest absolute Gasteiger partial charge is 0.125 e. The van der Waals surface area contributed by atoms with Crippen molar-refractivity contribution in [2.75, 3.05) is 5.75 Å². The number of terminal acetylenes is 1. The van der Waals surface area contributed by atoms with E-state index in [0.29, 0.717) is 10.0 Å². The molecule has 1 aromatic carbocycles. The molecule has 0 aromatic heterocycles. The molecule has 0 fully saturated rings. The van der Waals surface area contributed by atoms with Gasteiger partial charge in [-0.2, -0.15) is 0 Å². The zero-order chi connectivity index (χ0) is 9.68. The normalized spacial score (nSPS) is 9.62. The molecule has 0 aliphatic carbocycles. The van der Waals surface area contributed by atoms with Crippen molar-refractivity contribution < 1.29 is 0 Å². The second kappa shape index (κ2) is 5.44. The van der Waals surface area contributed by atoms with E-state index in [4.69, 9.17) is 29.6 Å². The van der Waals surface area contributed by atoms with E-state index in [1.165, 1.54) is 0 Å². The Morgan fingerprint density at radius 3 is 2.69 bits per heavy atom. The highest BCUT2D eigenvalue weighted by Crippen LogP contribution is 2.27. The fourth-order valence-electron chi connectivity index (χ4n) is 0.794. The van der Waals surface area contributed by atoms with E-state index in [0.717, 1.165) is 17.1 Å². The van der Waals surface area contributed by atoms with E-state index in [-0.39, 0.29) is 0 Å². The van der Waals surface area contributed by atoms with Gasteiger partial charge in [0.05, 0.1) is 10.0 Å². The van der Waals surface area contributed by atoms with Gasteiger partial charge in [0.15, 0.2) is 0 Å². The fourth-order valence-corrected chi connectivity index (χ4v) is 1.98. The molecular formula is C10H8Cl2S. The molecule has 0 unspecified atom stereocenters. The van der Waals surface area contributed by atoms with Crippen molar-refractivity contribution >= 4 is 35.0 Å². The van der Waals surface area contributed by atoms with Gasteiger partial charge in [0.2, 0.25) is 0 Å². The molecule has 0 spiro atoms. The van der Waals surface area contributed by atoms with E-state index in [1.807, 2.05) is 12.1 Å². The molecule has 13 heavy (non-hydrogen) atoms. The molecule has 0 radical (unpaired) electrons. The summed E-state index contributed by atoms with van der Waals surface area (Å²) in [5, 5.41) is 1.18. The molecule has 1 aromatic rings. The molecule has 0 bridgehead atoms. The Kier molecular flexibility index (Phi) is 4.52. The fraction of sp³-hybridized carbons (Fsp3) is 0.200. The van der Waals surface area contributed by atoms with Crippen molar-refractivity contribution in [3.63, 3.8) is 0 Å². The lowest BCUT2D eigenvalue weighted by molar-refractivity contribution is 1.29. The monoisotopic (exact) mass is 230 g/mol. The maximum atomic E-state index is 5.84. The van der Waals surface area contributed by atoms with E-state index in [2.05, 4.69) is 5.92 Å². The lowest BCUT2D eigenvalue weighted by Gasteiger charge is -2.00. The number of hydrogen-bond acceptors (Lipinski definition) is 1. The Bertz CT molecular complexity index is 328. The van der Waals surface area contributed by atoms with Gasteiger partial charge >= 0.3 is 0 Å². The predicted octanol–water partition coefficient (Wildman–Crippen LogP) is 4.11. The number of rotatable bonds is 3. The first-order valence-corrected chi connectivity index (χ1v) is 5.49. The van der Waals surface area contributed by atoms with Crippen LogP contribution in [0.2, 0.25) is 10.0 Å². The van der Waals surface area contributed by atoms with Crippen LogP contribution in [0.25, 0.3) is 0 Å². The Hall–Kier alpha value is -0.290. The lowest BCUT2D eigenvalue weighted by atomic mass is 10.4. The topological polar surface area (TPSA) is 0 Å². The van der Waals surface area contributed by atoms with Crippen molar-refractivity contribution in [2.24, 2.45) is 0 Å². The minimum absolute atomic E-state index is 0.586. The van der Waals surface area contributed by atoms with Gasteiger partial charge in [-0.05, 0) is 18.2 Å². The van der Waals surface area contributed by atoms with Crippen LogP contribution in [0.1, 0.15) is 6.42 Å². The highest BCUT2D eigenvalue weighted by molar-refractivity contribution is 7.99. The molecule has 0 aliphatic heterocycles. The smallest absolute Gasteiger partial charge is 0.0603 e. The highest BCUT2D eigenvalue weighted by Gasteiger charge is 1.98. The third kappa shape index (κ3) is 3.52. The highest BCUT2D eigenvalue weighted by atomic mass is 35.5. The second-order valence-electron chi connectivity index (χ2n) is 2.38. The summed E-state index contributed by atoms with van der Waals surface area (Å²) in [6.45, 7) is 0. The first kappa shape index (κ1) is 10.8. The van der Waals surface area contributed by atoms with Crippen molar-refractivity contribution in [3.05, 3.63) is 28.2 Å². The summed E-state index contributed by atoms with van der Waals surface area (Å²) in [6.07, 6.45) is 5.90. The van der Waals surface area contributed by atoms with Crippen LogP contribution in [0.3, 0.4) is 0 Å². The second-order valence-corrected chi connectivity index (χ2v) is 4.36. The Balaban J connectivity index is 2.59. The SMILES string of the molecule is C#CCCSc1ccc(Cl)c(Cl)c1. The third-order valence-corrected chi connectivity index (χ3v) is 3.14. The predicted molar refractivity (Wildman–Crippen MR) is 60.6 cm³/mol. The number of hydrogen-bond donors (Lipinski definition) is 0. The van der Waals surface area contributed by atoms with Gasteiger partial charge in [-0.1, -0.05) is 23.2 Å². The van der Waals surface area contributed by atoms with Crippen LogP contribution >= 0.6 is 35.0 Å². The van der Waals surface area contributed by atoms with Gasteiger partial charge in [0, 0.05) is 17.1 Å². The van der Waals surface area contributed by atoms with Gasteiger partial charge in [0.1, 0.15) is 0 Å². The number of halogens is 2. The van der Waals surface area contributed by atoms with Gasteiger partial charge in [0.25, 0.3) is 0 Å². The average molecular weight is 231 g/mol. The van der Waals surface area contributed by atoms with E-state index >= 15 is 0 Å². The maximum Gasteiger partial charge on any atom is 0.0603 e. The summed E-state index contributed by atoms with van der Waals surface area (Å²) < 4.78 is 0. The van der Waals surface area contributed by atoms with E-state index in [9.17, 15) is 0 Å². The standard InChI is InChI=1S/C10H8Cl2S/c1-2-3-6-13-8-4-5-9(11)10(12)7-8/h1,4-5,7H,3,6H2. The van der Waals surface area contributed by atoms with Gasteiger partial charge < -0.3 is 0 Å². The quantitative estimate of drug-likeness (QED) is 0.428.